The highest BCUT2D eigenvalue weighted by Crippen LogP contribution is 2.28. The van der Waals surface area contributed by atoms with E-state index in [4.69, 9.17) is 0 Å². The molecule has 0 aliphatic carbocycles. The van der Waals surface area contributed by atoms with E-state index in [9.17, 15) is 18.0 Å². The third kappa shape index (κ3) is 1.91. The van der Waals surface area contributed by atoms with Crippen LogP contribution < -0.4 is 5.32 Å². The molecule has 0 saturated carbocycles. The molecule has 0 atom stereocenters. The third-order valence-corrected chi connectivity index (χ3v) is 1.67. The van der Waals surface area contributed by atoms with E-state index in [1.807, 2.05) is 6.08 Å². The molecule has 0 bridgehead atoms. The molecule has 1 amide bonds. The van der Waals surface area contributed by atoms with Crippen molar-refractivity contribution in [1.29, 1.82) is 0 Å². The summed E-state index contributed by atoms with van der Waals surface area (Å²) in [6, 6.07) is 0. The highest BCUT2D eigenvalue weighted by atomic mass is 19.4. The average molecular weight is 189 g/mol. The topological polar surface area (TPSA) is 31.2 Å². The van der Waals surface area contributed by atoms with Crippen LogP contribution in [-0.4, -0.2) is 12.1 Å². The number of rotatable bonds is 0. The second kappa shape index (κ2) is 2.90. The van der Waals surface area contributed by atoms with E-state index >= 15 is 0 Å². The van der Waals surface area contributed by atoms with Gasteiger partial charge < -0.3 is 0 Å². The molecule has 0 aromatic heterocycles. The SMILES string of the molecule is CC1=C(C)C(=O)[N]C(C(F)(F)F)=[C]1. The molecule has 0 unspecified atom stereocenters. The fraction of sp³-hybridized carbons (Fsp3) is 0.375. The minimum Gasteiger partial charge on any atom is -0.267 e. The first-order valence-electron chi connectivity index (χ1n) is 3.47. The second-order valence-electron chi connectivity index (χ2n) is 2.64. The van der Waals surface area contributed by atoms with Gasteiger partial charge in [-0.3, -0.25) is 4.79 Å². The minimum atomic E-state index is -4.60. The highest BCUT2D eigenvalue weighted by Gasteiger charge is 2.38. The lowest BCUT2D eigenvalue weighted by Crippen LogP contribution is -2.29. The predicted octanol–water partition coefficient (Wildman–Crippen LogP) is 1.72. The maximum absolute atomic E-state index is 12.0. The molecule has 0 fully saturated rings. The van der Waals surface area contributed by atoms with Gasteiger partial charge in [0.2, 0.25) is 0 Å². The Labute approximate surface area is 73.1 Å². The first-order valence-corrected chi connectivity index (χ1v) is 3.47. The molecule has 0 saturated heterocycles. The molecule has 0 aromatic rings. The largest absolute Gasteiger partial charge is 0.434 e. The molecule has 1 rings (SSSR count). The van der Waals surface area contributed by atoms with Gasteiger partial charge in [0, 0.05) is 11.6 Å². The second-order valence-corrected chi connectivity index (χ2v) is 2.64. The Morgan fingerprint density at radius 1 is 1.31 bits per heavy atom. The molecule has 1 aliphatic heterocycles. The Hall–Kier alpha value is -1.26. The molecular formula is C8H6F3NO. The zero-order chi connectivity index (χ0) is 10.2. The summed E-state index contributed by atoms with van der Waals surface area (Å²) in [5.41, 5.74) is -0.860. The van der Waals surface area contributed by atoms with Gasteiger partial charge in [-0.25, -0.2) is 5.32 Å². The molecule has 5 heteroatoms. The summed E-state index contributed by atoms with van der Waals surface area (Å²) in [6.45, 7) is 2.81. The van der Waals surface area contributed by atoms with Gasteiger partial charge in [0.25, 0.3) is 5.91 Å². The number of nitrogens with zero attached hydrogens (tertiary/aromatic N) is 1. The van der Waals surface area contributed by atoms with Crippen LogP contribution in [0.3, 0.4) is 0 Å². The summed E-state index contributed by atoms with van der Waals surface area (Å²) in [6.07, 6.45) is -2.58. The Bertz CT molecular complexity index is 312. The first kappa shape index (κ1) is 9.83. The maximum Gasteiger partial charge on any atom is 0.434 e. The Morgan fingerprint density at radius 2 is 1.85 bits per heavy atom. The minimum absolute atomic E-state index is 0.187. The van der Waals surface area contributed by atoms with Crippen LogP contribution in [0.2, 0.25) is 0 Å². The van der Waals surface area contributed by atoms with Crippen molar-refractivity contribution in [2.45, 2.75) is 20.0 Å². The molecule has 70 valence electrons. The van der Waals surface area contributed by atoms with E-state index in [2.05, 4.69) is 5.32 Å². The number of alkyl halides is 3. The van der Waals surface area contributed by atoms with Crippen LogP contribution in [0.1, 0.15) is 13.8 Å². The maximum atomic E-state index is 12.0. The smallest absolute Gasteiger partial charge is 0.267 e. The van der Waals surface area contributed by atoms with E-state index in [0.717, 1.165) is 0 Å². The van der Waals surface area contributed by atoms with E-state index in [1.165, 1.54) is 13.8 Å². The number of carbonyl (C=O) groups is 1. The van der Waals surface area contributed by atoms with Crippen molar-refractivity contribution in [2.75, 3.05) is 0 Å². The van der Waals surface area contributed by atoms with Crippen LogP contribution in [-0.2, 0) is 4.79 Å². The van der Waals surface area contributed by atoms with Crippen molar-refractivity contribution in [3.63, 3.8) is 0 Å². The van der Waals surface area contributed by atoms with Crippen LogP contribution in [0, 0.1) is 6.08 Å². The van der Waals surface area contributed by atoms with Gasteiger partial charge in [0.05, 0.1) is 0 Å². The first-order chi connectivity index (χ1) is 5.82. The number of amides is 1. The summed E-state index contributed by atoms with van der Waals surface area (Å²) in [5.74, 6) is -0.844. The highest BCUT2D eigenvalue weighted by molar-refractivity contribution is 5.96. The van der Waals surface area contributed by atoms with Crippen LogP contribution in [0.5, 0.6) is 0 Å². The van der Waals surface area contributed by atoms with Gasteiger partial charge in [-0.05, 0) is 19.4 Å². The van der Waals surface area contributed by atoms with Crippen LogP contribution >= 0.6 is 0 Å². The quantitative estimate of drug-likeness (QED) is 0.570. The van der Waals surface area contributed by atoms with Gasteiger partial charge >= 0.3 is 6.18 Å². The molecule has 0 spiro atoms. The number of halogens is 3. The Kier molecular flexibility index (Phi) is 2.19. The summed E-state index contributed by atoms with van der Waals surface area (Å²) >= 11 is 0. The lowest BCUT2D eigenvalue weighted by atomic mass is 10.1. The molecular weight excluding hydrogens is 183 g/mol. The van der Waals surface area contributed by atoms with E-state index < -0.39 is 17.8 Å². The van der Waals surface area contributed by atoms with Gasteiger partial charge in [-0.15, -0.1) is 0 Å². The number of carbonyl (C=O) groups excluding carboxylic acids is 1. The zero-order valence-electron chi connectivity index (χ0n) is 6.99. The monoisotopic (exact) mass is 189 g/mol. The van der Waals surface area contributed by atoms with Gasteiger partial charge in [0.1, 0.15) is 0 Å². The van der Waals surface area contributed by atoms with Gasteiger partial charge in [-0.2, -0.15) is 13.2 Å². The predicted molar refractivity (Wildman–Crippen MR) is 38.3 cm³/mol. The average Bonchev–Trinajstić information content (AvgIpc) is 1.97. The van der Waals surface area contributed by atoms with Crippen molar-refractivity contribution in [3.05, 3.63) is 22.9 Å². The molecule has 0 N–H and O–H groups in total. The molecule has 1 aliphatic rings. The molecule has 1 heterocycles. The van der Waals surface area contributed by atoms with E-state index in [-0.39, 0.29) is 11.1 Å². The van der Waals surface area contributed by atoms with Crippen molar-refractivity contribution >= 4 is 5.91 Å². The lowest BCUT2D eigenvalue weighted by Gasteiger charge is -2.15. The third-order valence-electron chi connectivity index (χ3n) is 1.67. The van der Waals surface area contributed by atoms with E-state index in [0.29, 0.717) is 0 Å². The van der Waals surface area contributed by atoms with Crippen molar-refractivity contribution < 1.29 is 18.0 Å². The Morgan fingerprint density at radius 3 is 2.23 bits per heavy atom. The fourth-order valence-electron chi connectivity index (χ4n) is 0.779. The number of hydrogen-bond acceptors (Lipinski definition) is 1. The van der Waals surface area contributed by atoms with Gasteiger partial charge in [0.15, 0.2) is 5.70 Å². The van der Waals surface area contributed by atoms with Crippen LogP contribution in [0.25, 0.3) is 0 Å². The van der Waals surface area contributed by atoms with Crippen molar-refractivity contribution in [1.82, 2.24) is 5.32 Å². The fourth-order valence-corrected chi connectivity index (χ4v) is 0.779. The zero-order valence-corrected chi connectivity index (χ0v) is 6.99. The summed E-state index contributed by atoms with van der Waals surface area (Å²) in [4.78, 5) is 10.9. The normalized spacial score (nSPS) is 18.5. The van der Waals surface area contributed by atoms with Crippen molar-refractivity contribution in [2.24, 2.45) is 0 Å². The molecule has 2 nitrogen and oxygen atoms in total. The van der Waals surface area contributed by atoms with Crippen LogP contribution in [0.15, 0.2) is 16.8 Å². The molecule has 13 heavy (non-hydrogen) atoms. The van der Waals surface area contributed by atoms with Crippen molar-refractivity contribution in [3.8, 4) is 0 Å². The van der Waals surface area contributed by atoms with Gasteiger partial charge in [-0.1, -0.05) is 0 Å². The van der Waals surface area contributed by atoms with Crippen LogP contribution in [0.4, 0.5) is 13.2 Å². The summed E-state index contributed by atoms with van der Waals surface area (Å²) < 4.78 is 36.1. The molecule has 2 radical (unpaired) electrons. The lowest BCUT2D eigenvalue weighted by molar-refractivity contribution is -0.124. The number of hydrogen-bond donors (Lipinski definition) is 0. The Balaban J connectivity index is 3.08. The summed E-state index contributed by atoms with van der Waals surface area (Å²) in [5, 5.41) is 2.87. The van der Waals surface area contributed by atoms with E-state index in [1.54, 1.807) is 0 Å². The standard InChI is InChI=1S/C8H6F3NO/c1-4-3-6(8(9,10)11)12-7(13)5(4)2/h1-2H3. The summed E-state index contributed by atoms with van der Waals surface area (Å²) in [7, 11) is 0. The number of allylic oxidation sites excluding steroid dienone is 3. The molecule has 0 aromatic carbocycles.